The predicted molar refractivity (Wildman–Crippen MR) is 80.2 cm³/mol. The number of carbonyl (C=O) groups excluding carboxylic acids is 1. The summed E-state index contributed by atoms with van der Waals surface area (Å²) in [4.78, 5) is 12.6. The fourth-order valence-electron chi connectivity index (χ4n) is 2.50. The second-order valence-corrected chi connectivity index (χ2v) is 4.94. The van der Waals surface area contributed by atoms with Crippen LogP contribution in [0.2, 0.25) is 0 Å². The number of benzene rings is 2. The van der Waals surface area contributed by atoms with Crippen molar-refractivity contribution < 1.29 is 9.21 Å². The van der Waals surface area contributed by atoms with Crippen molar-refractivity contribution in [2.45, 2.75) is 20.3 Å². The summed E-state index contributed by atoms with van der Waals surface area (Å²) in [7, 11) is 0. The Labute approximate surface area is 118 Å². The van der Waals surface area contributed by atoms with Crippen LogP contribution in [0.4, 0.5) is 0 Å². The summed E-state index contributed by atoms with van der Waals surface area (Å²) in [5, 5.41) is 0.974. The van der Waals surface area contributed by atoms with Crippen molar-refractivity contribution in [3.63, 3.8) is 0 Å². The highest BCUT2D eigenvalue weighted by Crippen LogP contribution is 2.25. The number of furan rings is 1. The maximum Gasteiger partial charge on any atom is 0.228 e. The van der Waals surface area contributed by atoms with E-state index in [1.54, 1.807) is 0 Å². The second kappa shape index (κ2) is 4.97. The summed E-state index contributed by atoms with van der Waals surface area (Å²) in [5.74, 6) is 0.369. The molecule has 0 radical (unpaired) electrons. The third-order valence-electron chi connectivity index (χ3n) is 3.61. The zero-order chi connectivity index (χ0) is 14.1. The highest BCUT2D eigenvalue weighted by molar-refractivity contribution is 6.10. The lowest BCUT2D eigenvalue weighted by Crippen LogP contribution is -2.03. The lowest BCUT2D eigenvalue weighted by atomic mass is 10.0. The summed E-state index contributed by atoms with van der Waals surface area (Å²) < 4.78 is 5.76. The first-order chi connectivity index (χ1) is 9.70. The van der Waals surface area contributed by atoms with Crippen molar-refractivity contribution in [2.75, 3.05) is 0 Å². The molecule has 2 aromatic carbocycles. The van der Waals surface area contributed by atoms with Gasteiger partial charge in [0.05, 0.1) is 0 Å². The van der Waals surface area contributed by atoms with Gasteiger partial charge in [0.15, 0.2) is 5.76 Å². The molecule has 100 valence electrons. The molecule has 0 aliphatic rings. The van der Waals surface area contributed by atoms with E-state index in [4.69, 9.17) is 4.42 Å². The lowest BCUT2D eigenvalue weighted by Gasteiger charge is -2.04. The highest BCUT2D eigenvalue weighted by atomic mass is 16.3. The third-order valence-corrected chi connectivity index (χ3v) is 3.61. The van der Waals surface area contributed by atoms with Crippen LogP contribution in [0.5, 0.6) is 0 Å². The number of rotatable bonds is 3. The number of ketones is 1. The number of para-hydroxylation sites is 1. The normalized spacial score (nSPS) is 10.9. The standard InChI is InChI=1S/C18H16O2/c1-3-13-8-4-5-10-15(13)17(19)16-11-14-9-6-7-12(2)18(14)20-16/h4-11H,3H2,1-2H3. The van der Waals surface area contributed by atoms with Crippen molar-refractivity contribution >= 4 is 16.8 Å². The van der Waals surface area contributed by atoms with Gasteiger partial charge >= 0.3 is 0 Å². The van der Waals surface area contributed by atoms with Crippen LogP contribution in [0.3, 0.4) is 0 Å². The van der Waals surface area contributed by atoms with Crippen LogP contribution >= 0.6 is 0 Å². The third kappa shape index (κ3) is 2.03. The quantitative estimate of drug-likeness (QED) is 0.650. The molecule has 0 saturated heterocycles. The summed E-state index contributed by atoms with van der Waals surface area (Å²) in [5.41, 5.74) is 3.62. The van der Waals surface area contributed by atoms with Gasteiger partial charge in [-0.3, -0.25) is 4.79 Å². The molecule has 0 bridgehead atoms. The molecule has 2 nitrogen and oxygen atoms in total. The fraction of sp³-hybridized carbons (Fsp3) is 0.167. The lowest BCUT2D eigenvalue weighted by molar-refractivity contribution is 0.101. The Morgan fingerprint density at radius 2 is 1.90 bits per heavy atom. The van der Waals surface area contributed by atoms with Gasteiger partial charge < -0.3 is 4.42 Å². The maximum absolute atomic E-state index is 12.6. The van der Waals surface area contributed by atoms with Crippen molar-refractivity contribution in [3.8, 4) is 0 Å². The first-order valence-corrected chi connectivity index (χ1v) is 6.82. The average Bonchev–Trinajstić information content (AvgIpc) is 2.92. The van der Waals surface area contributed by atoms with E-state index in [1.807, 2.05) is 55.5 Å². The Bertz CT molecular complexity index is 781. The van der Waals surface area contributed by atoms with Gasteiger partial charge in [0.1, 0.15) is 5.58 Å². The van der Waals surface area contributed by atoms with E-state index < -0.39 is 0 Å². The van der Waals surface area contributed by atoms with Crippen molar-refractivity contribution in [2.24, 2.45) is 0 Å². The van der Waals surface area contributed by atoms with Gasteiger partial charge in [-0.25, -0.2) is 0 Å². The molecule has 0 unspecified atom stereocenters. The fourth-order valence-corrected chi connectivity index (χ4v) is 2.50. The van der Waals surface area contributed by atoms with Gasteiger partial charge in [0.2, 0.25) is 5.78 Å². The topological polar surface area (TPSA) is 30.2 Å². The van der Waals surface area contributed by atoms with E-state index in [0.29, 0.717) is 5.76 Å². The Morgan fingerprint density at radius 1 is 1.10 bits per heavy atom. The molecular weight excluding hydrogens is 248 g/mol. The highest BCUT2D eigenvalue weighted by Gasteiger charge is 2.17. The van der Waals surface area contributed by atoms with Crippen LogP contribution in [-0.2, 0) is 6.42 Å². The Balaban J connectivity index is 2.11. The molecule has 0 spiro atoms. The zero-order valence-corrected chi connectivity index (χ0v) is 11.6. The summed E-state index contributed by atoms with van der Waals surface area (Å²) >= 11 is 0. The SMILES string of the molecule is CCc1ccccc1C(=O)c1cc2cccc(C)c2o1. The second-order valence-electron chi connectivity index (χ2n) is 4.94. The largest absolute Gasteiger partial charge is 0.452 e. The number of aryl methyl sites for hydroxylation is 2. The van der Waals surface area contributed by atoms with Gasteiger partial charge in [-0.1, -0.05) is 49.4 Å². The molecule has 20 heavy (non-hydrogen) atoms. The summed E-state index contributed by atoms with van der Waals surface area (Å²) in [6.45, 7) is 4.04. The molecule has 1 aromatic heterocycles. The number of carbonyl (C=O) groups is 1. The zero-order valence-electron chi connectivity index (χ0n) is 11.6. The van der Waals surface area contributed by atoms with Gasteiger partial charge in [-0.05, 0) is 30.5 Å². The molecule has 0 aliphatic carbocycles. The van der Waals surface area contributed by atoms with Crippen LogP contribution in [0.1, 0.15) is 34.2 Å². The summed E-state index contributed by atoms with van der Waals surface area (Å²) in [6, 6.07) is 15.5. The van der Waals surface area contributed by atoms with E-state index >= 15 is 0 Å². The molecule has 0 amide bonds. The molecule has 0 atom stereocenters. The number of hydrogen-bond donors (Lipinski definition) is 0. The van der Waals surface area contributed by atoms with Crippen LogP contribution < -0.4 is 0 Å². The molecule has 2 heteroatoms. The molecule has 0 N–H and O–H groups in total. The molecule has 3 aromatic rings. The maximum atomic E-state index is 12.6. The molecule has 1 heterocycles. The molecule has 0 saturated carbocycles. The molecule has 3 rings (SSSR count). The van der Waals surface area contributed by atoms with E-state index in [1.165, 1.54) is 0 Å². The van der Waals surface area contributed by atoms with E-state index in [9.17, 15) is 4.79 Å². The smallest absolute Gasteiger partial charge is 0.228 e. The molecular formula is C18H16O2. The van der Waals surface area contributed by atoms with Crippen molar-refractivity contribution in [1.82, 2.24) is 0 Å². The summed E-state index contributed by atoms with van der Waals surface area (Å²) in [6.07, 6.45) is 0.834. The minimum absolute atomic E-state index is 0.0435. The predicted octanol–water partition coefficient (Wildman–Crippen LogP) is 4.53. The van der Waals surface area contributed by atoms with Crippen molar-refractivity contribution in [3.05, 3.63) is 71.0 Å². The minimum atomic E-state index is -0.0435. The molecule has 0 aliphatic heterocycles. The Kier molecular flexibility index (Phi) is 3.15. The monoisotopic (exact) mass is 264 g/mol. The van der Waals surface area contributed by atoms with Crippen LogP contribution in [0.25, 0.3) is 11.0 Å². The average molecular weight is 264 g/mol. The first-order valence-electron chi connectivity index (χ1n) is 6.82. The van der Waals surface area contributed by atoms with Crippen molar-refractivity contribution in [1.29, 1.82) is 0 Å². The minimum Gasteiger partial charge on any atom is -0.452 e. The number of fused-ring (bicyclic) bond motifs is 1. The van der Waals surface area contributed by atoms with Gasteiger partial charge in [-0.2, -0.15) is 0 Å². The van der Waals surface area contributed by atoms with Crippen LogP contribution in [0, 0.1) is 6.92 Å². The van der Waals surface area contributed by atoms with Gasteiger partial charge in [0, 0.05) is 10.9 Å². The van der Waals surface area contributed by atoms with E-state index in [0.717, 1.165) is 34.1 Å². The van der Waals surface area contributed by atoms with Gasteiger partial charge in [-0.15, -0.1) is 0 Å². The Morgan fingerprint density at radius 3 is 2.65 bits per heavy atom. The van der Waals surface area contributed by atoms with E-state index in [-0.39, 0.29) is 5.78 Å². The van der Waals surface area contributed by atoms with E-state index in [2.05, 4.69) is 6.92 Å². The molecule has 0 fully saturated rings. The Hall–Kier alpha value is -2.35. The van der Waals surface area contributed by atoms with Gasteiger partial charge in [0.25, 0.3) is 0 Å². The van der Waals surface area contributed by atoms with Crippen LogP contribution in [-0.4, -0.2) is 5.78 Å². The first kappa shape index (κ1) is 12.7. The van der Waals surface area contributed by atoms with Crippen LogP contribution in [0.15, 0.2) is 52.9 Å². The number of hydrogen-bond acceptors (Lipinski definition) is 2.